The van der Waals surface area contributed by atoms with E-state index in [0.717, 1.165) is 35.3 Å². The summed E-state index contributed by atoms with van der Waals surface area (Å²) < 4.78 is 26.1. The second-order valence-electron chi connectivity index (χ2n) is 7.41. The van der Waals surface area contributed by atoms with E-state index in [2.05, 4.69) is 15.0 Å². The van der Waals surface area contributed by atoms with Crippen molar-refractivity contribution in [2.24, 2.45) is 7.05 Å². The smallest absolute Gasteiger partial charge is 0.341 e. The Kier molecular flexibility index (Phi) is 5.57. The van der Waals surface area contributed by atoms with Gasteiger partial charge < -0.3 is 14.4 Å². The molecule has 0 atom stereocenters. The lowest BCUT2D eigenvalue weighted by atomic mass is 10.0. The van der Waals surface area contributed by atoms with Gasteiger partial charge in [-0.05, 0) is 38.1 Å². The summed E-state index contributed by atoms with van der Waals surface area (Å²) in [5, 5.41) is 5.37. The Morgan fingerprint density at radius 1 is 1.23 bits per heavy atom. The van der Waals surface area contributed by atoms with Crippen LogP contribution in [0.25, 0.3) is 11.0 Å². The summed E-state index contributed by atoms with van der Waals surface area (Å²) in [7, 11) is 1.85. The zero-order valence-corrected chi connectivity index (χ0v) is 17.4. The zero-order valence-electron chi connectivity index (χ0n) is 17.4. The van der Waals surface area contributed by atoms with Gasteiger partial charge in [0, 0.05) is 39.2 Å². The van der Waals surface area contributed by atoms with Crippen molar-refractivity contribution in [3.63, 3.8) is 0 Å². The molecule has 0 spiro atoms. The summed E-state index contributed by atoms with van der Waals surface area (Å²) >= 11 is 0. The first-order chi connectivity index (χ1) is 14.5. The van der Waals surface area contributed by atoms with E-state index < -0.39 is 0 Å². The number of rotatable bonds is 5. The molecule has 4 rings (SSSR count). The van der Waals surface area contributed by atoms with Crippen molar-refractivity contribution >= 4 is 22.7 Å². The van der Waals surface area contributed by atoms with Crippen molar-refractivity contribution < 1.29 is 18.7 Å². The second-order valence-corrected chi connectivity index (χ2v) is 7.41. The number of halogens is 1. The Bertz CT molecular complexity index is 1060. The maximum absolute atomic E-state index is 13.1. The van der Waals surface area contributed by atoms with Crippen LogP contribution >= 0.6 is 0 Å². The number of piperidine rings is 1. The zero-order chi connectivity index (χ0) is 21.3. The van der Waals surface area contributed by atoms with Crippen LogP contribution in [-0.2, 0) is 11.8 Å². The Labute approximate surface area is 174 Å². The predicted octanol–water partition coefficient (Wildman–Crippen LogP) is 3.64. The van der Waals surface area contributed by atoms with Crippen LogP contribution in [0.5, 0.6) is 5.75 Å². The highest BCUT2D eigenvalue weighted by atomic mass is 19.1. The van der Waals surface area contributed by atoms with E-state index in [-0.39, 0.29) is 17.9 Å². The molecule has 0 unspecified atom stereocenters. The van der Waals surface area contributed by atoms with Crippen molar-refractivity contribution in [1.29, 1.82) is 0 Å². The minimum Gasteiger partial charge on any atom is -0.490 e. The van der Waals surface area contributed by atoms with Gasteiger partial charge in [-0.2, -0.15) is 5.10 Å². The summed E-state index contributed by atoms with van der Waals surface area (Å²) in [6.45, 7) is 5.44. The molecule has 8 heteroatoms. The van der Waals surface area contributed by atoms with E-state index in [0.29, 0.717) is 31.0 Å². The highest BCUT2D eigenvalue weighted by molar-refractivity contribution is 6.05. The quantitative estimate of drug-likeness (QED) is 0.596. The molecule has 3 heterocycles. The summed E-state index contributed by atoms with van der Waals surface area (Å²) in [5.74, 6) is 0.00325. The molecule has 30 heavy (non-hydrogen) atoms. The fourth-order valence-electron chi connectivity index (χ4n) is 3.98. The maximum atomic E-state index is 13.1. The van der Waals surface area contributed by atoms with Crippen LogP contribution in [-0.4, -0.2) is 46.5 Å². The van der Waals surface area contributed by atoms with Gasteiger partial charge in [-0.15, -0.1) is 0 Å². The lowest BCUT2D eigenvalue weighted by molar-refractivity contribution is 0.0526. The third-order valence-electron chi connectivity index (χ3n) is 5.37. The number of carbonyl (C=O) groups is 1. The number of hydrogen-bond donors (Lipinski definition) is 0. The highest BCUT2D eigenvalue weighted by Gasteiger charge is 2.28. The summed E-state index contributed by atoms with van der Waals surface area (Å²) in [6, 6.07) is 6.09. The van der Waals surface area contributed by atoms with Crippen LogP contribution < -0.4 is 9.64 Å². The van der Waals surface area contributed by atoms with Crippen molar-refractivity contribution in [1.82, 2.24) is 14.8 Å². The van der Waals surface area contributed by atoms with Gasteiger partial charge in [0.2, 0.25) is 0 Å². The molecule has 0 amide bonds. The molecule has 7 nitrogen and oxygen atoms in total. The van der Waals surface area contributed by atoms with Gasteiger partial charge in [-0.1, -0.05) is 0 Å². The number of fused-ring (bicyclic) bond motifs is 1. The monoisotopic (exact) mass is 412 g/mol. The van der Waals surface area contributed by atoms with Gasteiger partial charge in [0.1, 0.15) is 23.2 Å². The van der Waals surface area contributed by atoms with Crippen LogP contribution in [0.4, 0.5) is 10.1 Å². The molecule has 0 saturated carbocycles. The Hall–Kier alpha value is -3.16. The predicted molar refractivity (Wildman–Crippen MR) is 111 cm³/mol. The number of benzene rings is 1. The SMILES string of the molecule is CCOC(=O)c1cnc2c(c(C)nn2C)c1N1CCC(Oc2ccc(F)cc2)CC1. The van der Waals surface area contributed by atoms with Gasteiger partial charge in [0.15, 0.2) is 5.65 Å². The van der Waals surface area contributed by atoms with Crippen molar-refractivity contribution in [2.45, 2.75) is 32.8 Å². The maximum Gasteiger partial charge on any atom is 0.341 e. The van der Waals surface area contributed by atoms with E-state index in [1.165, 1.54) is 12.1 Å². The van der Waals surface area contributed by atoms with E-state index in [1.54, 1.807) is 29.9 Å². The van der Waals surface area contributed by atoms with Crippen molar-refractivity contribution in [2.75, 3.05) is 24.6 Å². The number of esters is 1. The molecule has 1 aromatic carbocycles. The summed E-state index contributed by atoms with van der Waals surface area (Å²) in [6.07, 6.45) is 3.17. The lowest BCUT2D eigenvalue weighted by Crippen LogP contribution is -2.39. The van der Waals surface area contributed by atoms with E-state index in [1.807, 2.05) is 14.0 Å². The normalized spacial score (nSPS) is 14.9. The molecule has 0 radical (unpaired) electrons. The average molecular weight is 412 g/mol. The molecule has 3 aromatic rings. The Morgan fingerprint density at radius 3 is 2.60 bits per heavy atom. The third kappa shape index (κ3) is 3.81. The van der Waals surface area contributed by atoms with E-state index in [9.17, 15) is 9.18 Å². The Morgan fingerprint density at radius 2 is 1.93 bits per heavy atom. The molecule has 0 bridgehead atoms. The lowest BCUT2D eigenvalue weighted by Gasteiger charge is -2.35. The fourth-order valence-corrected chi connectivity index (χ4v) is 3.98. The van der Waals surface area contributed by atoms with Gasteiger partial charge in [0.05, 0.1) is 23.4 Å². The first-order valence-corrected chi connectivity index (χ1v) is 10.1. The summed E-state index contributed by atoms with van der Waals surface area (Å²) in [4.78, 5) is 19.3. The van der Waals surface area contributed by atoms with Gasteiger partial charge >= 0.3 is 5.97 Å². The van der Waals surface area contributed by atoms with E-state index in [4.69, 9.17) is 9.47 Å². The molecule has 1 fully saturated rings. The molecular weight excluding hydrogens is 387 g/mol. The van der Waals surface area contributed by atoms with Crippen LogP contribution in [0.15, 0.2) is 30.5 Å². The molecule has 1 saturated heterocycles. The van der Waals surface area contributed by atoms with Gasteiger partial charge in [-0.3, -0.25) is 4.68 Å². The third-order valence-corrected chi connectivity index (χ3v) is 5.37. The van der Waals surface area contributed by atoms with Gasteiger partial charge in [0.25, 0.3) is 0 Å². The molecule has 2 aromatic heterocycles. The number of ether oxygens (including phenoxy) is 2. The van der Waals surface area contributed by atoms with Crippen molar-refractivity contribution in [3.8, 4) is 5.75 Å². The first kappa shape index (κ1) is 20.1. The Balaban J connectivity index is 1.60. The van der Waals surface area contributed by atoms with E-state index >= 15 is 0 Å². The number of aromatic nitrogens is 3. The van der Waals surface area contributed by atoms with Crippen LogP contribution in [0.2, 0.25) is 0 Å². The topological polar surface area (TPSA) is 69.5 Å². The largest absolute Gasteiger partial charge is 0.490 e. The van der Waals surface area contributed by atoms with Crippen LogP contribution in [0.1, 0.15) is 35.8 Å². The summed E-state index contributed by atoms with van der Waals surface area (Å²) in [5.41, 5.74) is 2.84. The van der Waals surface area contributed by atoms with Crippen LogP contribution in [0, 0.1) is 12.7 Å². The minimum atomic E-state index is -0.380. The molecule has 1 aliphatic heterocycles. The average Bonchev–Trinajstić information content (AvgIpc) is 3.03. The standard InChI is InChI=1S/C22H25FN4O3/c1-4-29-22(28)18-13-24-21-19(14(2)25-26(21)3)20(18)27-11-9-17(10-12-27)30-16-7-5-15(23)6-8-16/h5-8,13,17H,4,9-12H2,1-3H3. The molecule has 1 aliphatic rings. The number of carbonyl (C=O) groups excluding carboxylic acids is 1. The minimum absolute atomic E-state index is 0.0325. The number of pyridine rings is 1. The number of nitrogens with zero attached hydrogens (tertiary/aromatic N) is 4. The highest BCUT2D eigenvalue weighted by Crippen LogP contribution is 2.34. The molecule has 0 N–H and O–H groups in total. The van der Waals surface area contributed by atoms with Gasteiger partial charge in [-0.25, -0.2) is 14.2 Å². The number of anilines is 1. The number of hydrogen-bond acceptors (Lipinski definition) is 6. The van der Waals surface area contributed by atoms with Crippen molar-refractivity contribution in [3.05, 3.63) is 47.5 Å². The number of aryl methyl sites for hydroxylation is 2. The molecular formula is C22H25FN4O3. The first-order valence-electron chi connectivity index (χ1n) is 10.1. The second kappa shape index (κ2) is 8.30. The molecule has 158 valence electrons. The van der Waals surface area contributed by atoms with Crippen LogP contribution in [0.3, 0.4) is 0 Å². The fraction of sp³-hybridized carbons (Fsp3) is 0.409. The molecule has 0 aliphatic carbocycles.